The van der Waals surface area contributed by atoms with Crippen LogP contribution in [0.5, 0.6) is 5.75 Å². The van der Waals surface area contributed by atoms with Crippen molar-refractivity contribution in [2.75, 3.05) is 12.4 Å². The third kappa shape index (κ3) is 4.69. The zero-order valence-corrected chi connectivity index (χ0v) is 19.4. The van der Waals surface area contributed by atoms with Gasteiger partial charge in [-0.25, -0.2) is 4.79 Å². The number of nitrogens with one attached hydrogen (secondary N) is 1. The second-order valence-electron chi connectivity index (χ2n) is 9.02. The summed E-state index contributed by atoms with van der Waals surface area (Å²) in [5.41, 5.74) is 2.69. The summed E-state index contributed by atoms with van der Waals surface area (Å²) in [4.78, 5) is 26.6. The summed E-state index contributed by atoms with van der Waals surface area (Å²) < 4.78 is 10.9. The van der Waals surface area contributed by atoms with Crippen LogP contribution in [0.1, 0.15) is 60.5 Å². The molecule has 0 saturated heterocycles. The first kappa shape index (κ1) is 22.3. The van der Waals surface area contributed by atoms with Crippen LogP contribution in [0.2, 0.25) is 0 Å². The van der Waals surface area contributed by atoms with E-state index in [1.54, 1.807) is 6.92 Å². The van der Waals surface area contributed by atoms with Crippen molar-refractivity contribution in [2.24, 2.45) is 11.3 Å². The third-order valence-electron chi connectivity index (χ3n) is 5.88. The van der Waals surface area contributed by atoms with E-state index in [0.717, 1.165) is 30.4 Å². The summed E-state index contributed by atoms with van der Waals surface area (Å²) in [5.74, 6) is 0.534. The smallest absolute Gasteiger partial charge is 0.341 e. The number of benzene rings is 1. The van der Waals surface area contributed by atoms with Crippen LogP contribution >= 0.6 is 11.3 Å². The number of hydrogen-bond donors (Lipinski definition) is 1. The van der Waals surface area contributed by atoms with E-state index in [0.29, 0.717) is 22.2 Å². The summed E-state index contributed by atoms with van der Waals surface area (Å²) >= 11 is 1.49. The first-order valence-corrected chi connectivity index (χ1v) is 11.2. The number of hydrogen-bond acceptors (Lipinski definition) is 5. The highest BCUT2D eigenvalue weighted by molar-refractivity contribution is 7.17. The fourth-order valence-corrected chi connectivity index (χ4v) is 5.20. The van der Waals surface area contributed by atoms with Crippen LogP contribution in [0.4, 0.5) is 5.00 Å². The lowest BCUT2D eigenvalue weighted by Crippen LogP contribution is -2.30. The molecule has 5 nitrogen and oxygen atoms in total. The van der Waals surface area contributed by atoms with Crippen LogP contribution in [0.25, 0.3) is 0 Å². The normalized spacial score (nSPS) is 17.1. The van der Waals surface area contributed by atoms with Crippen molar-refractivity contribution >= 4 is 28.2 Å². The largest absolute Gasteiger partial charge is 0.481 e. The van der Waals surface area contributed by atoms with Crippen LogP contribution in [0, 0.1) is 18.3 Å². The Morgan fingerprint density at radius 3 is 2.57 bits per heavy atom. The van der Waals surface area contributed by atoms with Gasteiger partial charge in [-0.2, -0.15) is 0 Å². The van der Waals surface area contributed by atoms with Gasteiger partial charge in [0.1, 0.15) is 10.8 Å². The van der Waals surface area contributed by atoms with Gasteiger partial charge in [-0.1, -0.05) is 39.0 Å². The maximum atomic E-state index is 12.8. The topological polar surface area (TPSA) is 64.6 Å². The molecule has 1 aliphatic carbocycles. The van der Waals surface area contributed by atoms with E-state index in [1.807, 2.05) is 31.2 Å². The molecule has 0 fully saturated rings. The number of para-hydroxylation sites is 1. The Balaban J connectivity index is 1.83. The Kier molecular flexibility index (Phi) is 6.56. The zero-order valence-electron chi connectivity index (χ0n) is 18.6. The van der Waals surface area contributed by atoms with Crippen LogP contribution in [0.15, 0.2) is 24.3 Å². The van der Waals surface area contributed by atoms with Crippen LogP contribution in [-0.2, 0) is 22.4 Å². The lowest BCUT2D eigenvalue weighted by Gasteiger charge is -2.33. The summed E-state index contributed by atoms with van der Waals surface area (Å²) in [5, 5.41) is 3.49. The second kappa shape index (κ2) is 8.80. The minimum absolute atomic E-state index is 0.201. The standard InChI is InChI=1S/C24H31NO4S/c1-14-9-7-8-10-18(14)29-15(2)21(26)25-22-20(23(27)28-6)17-12-11-16(24(3,4)5)13-19(17)30-22/h7-10,15-16H,11-13H2,1-6H3,(H,25,26). The molecular formula is C24H31NO4S. The Hall–Kier alpha value is -2.34. The number of methoxy groups -OCH3 is 1. The van der Waals surface area contributed by atoms with Crippen molar-refractivity contribution in [1.82, 2.24) is 0 Å². The van der Waals surface area contributed by atoms with Crippen LogP contribution < -0.4 is 10.1 Å². The minimum Gasteiger partial charge on any atom is -0.481 e. The van der Waals surface area contributed by atoms with Crippen molar-refractivity contribution in [3.63, 3.8) is 0 Å². The maximum absolute atomic E-state index is 12.8. The highest BCUT2D eigenvalue weighted by atomic mass is 32.1. The average molecular weight is 430 g/mol. The number of esters is 1. The van der Waals surface area contributed by atoms with E-state index < -0.39 is 12.1 Å². The van der Waals surface area contributed by atoms with Crippen LogP contribution in [0.3, 0.4) is 0 Å². The number of aryl methyl sites for hydroxylation is 1. The number of anilines is 1. The first-order chi connectivity index (χ1) is 14.1. The molecule has 3 rings (SSSR count). The summed E-state index contributed by atoms with van der Waals surface area (Å²) in [6.07, 6.45) is 2.07. The summed E-state index contributed by atoms with van der Waals surface area (Å²) in [6.45, 7) is 10.4. The highest BCUT2D eigenvalue weighted by Gasteiger charge is 2.34. The Morgan fingerprint density at radius 1 is 1.23 bits per heavy atom. The van der Waals surface area contributed by atoms with E-state index in [9.17, 15) is 9.59 Å². The molecule has 30 heavy (non-hydrogen) atoms. The number of rotatable bonds is 5. The number of ether oxygens (including phenoxy) is 2. The fourth-order valence-electron chi connectivity index (χ4n) is 3.88. The SMILES string of the molecule is COC(=O)c1c(NC(=O)C(C)Oc2ccccc2C)sc2c1CCC(C(C)(C)C)C2. The van der Waals surface area contributed by atoms with E-state index >= 15 is 0 Å². The van der Waals surface area contributed by atoms with Crippen LogP contribution in [-0.4, -0.2) is 25.1 Å². The lowest BCUT2D eigenvalue weighted by molar-refractivity contribution is -0.122. The zero-order chi connectivity index (χ0) is 22.1. The number of thiophene rings is 1. The molecule has 2 atom stereocenters. The fraction of sp³-hybridized carbons (Fsp3) is 0.500. The van der Waals surface area contributed by atoms with Gasteiger partial charge in [-0.05, 0) is 61.6 Å². The molecule has 162 valence electrons. The van der Waals surface area contributed by atoms with Gasteiger partial charge in [0.25, 0.3) is 5.91 Å². The molecule has 2 aromatic rings. The Bertz CT molecular complexity index is 941. The van der Waals surface area contributed by atoms with Gasteiger partial charge in [0.05, 0.1) is 12.7 Å². The van der Waals surface area contributed by atoms with Gasteiger partial charge in [0.2, 0.25) is 0 Å². The molecule has 6 heteroatoms. The highest BCUT2D eigenvalue weighted by Crippen LogP contribution is 2.44. The molecule has 0 radical (unpaired) electrons. The molecular weight excluding hydrogens is 398 g/mol. The van der Waals surface area contributed by atoms with E-state index in [-0.39, 0.29) is 11.3 Å². The monoisotopic (exact) mass is 429 g/mol. The van der Waals surface area contributed by atoms with Gasteiger partial charge < -0.3 is 14.8 Å². The van der Waals surface area contributed by atoms with Crippen molar-refractivity contribution in [3.8, 4) is 5.75 Å². The lowest BCUT2D eigenvalue weighted by atomic mass is 9.72. The van der Waals surface area contributed by atoms with E-state index in [1.165, 1.54) is 23.3 Å². The third-order valence-corrected chi connectivity index (χ3v) is 7.05. The quantitative estimate of drug-likeness (QED) is 0.646. The molecule has 0 bridgehead atoms. The average Bonchev–Trinajstić information content (AvgIpc) is 3.05. The van der Waals surface area contributed by atoms with Crippen molar-refractivity contribution in [2.45, 2.75) is 60.0 Å². The van der Waals surface area contributed by atoms with Gasteiger partial charge in [0.15, 0.2) is 6.10 Å². The predicted molar refractivity (Wildman–Crippen MR) is 121 cm³/mol. The number of carbonyl (C=O) groups is 2. The molecule has 0 aliphatic heterocycles. The van der Waals surface area contributed by atoms with Crippen molar-refractivity contribution in [1.29, 1.82) is 0 Å². The Morgan fingerprint density at radius 2 is 1.93 bits per heavy atom. The number of fused-ring (bicyclic) bond motifs is 1. The molecule has 0 spiro atoms. The van der Waals surface area contributed by atoms with Crippen molar-refractivity contribution in [3.05, 3.63) is 45.8 Å². The maximum Gasteiger partial charge on any atom is 0.341 e. The van der Waals surface area contributed by atoms with E-state index in [4.69, 9.17) is 9.47 Å². The Labute approximate surface area is 182 Å². The van der Waals surface area contributed by atoms with E-state index in [2.05, 4.69) is 26.1 Å². The van der Waals surface area contributed by atoms with Gasteiger partial charge >= 0.3 is 5.97 Å². The molecule has 0 saturated carbocycles. The molecule has 1 aromatic carbocycles. The van der Waals surface area contributed by atoms with Gasteiger partial charge in [-0.3, -0.25) is 4.79 Å². The first-order valence-electron chi connectivity index (χ1n) is 10.4. The van der Waals surface area contributed by atoms with Gasteiger partial charge in [0, 0.05) is 4.88 Å². The molecule has 1 N–H and O–H groups in total. The minimum atomic E-state index is -0.696. The number of amides is 1. The van der Waals surface area contributed by atoms with Gasteiger partial charge in [-0.15, -0.1) is 11.3 Å². The molecule has 1 heterocycles. The second-order valence-corrected chi connectivity index (χ2v) is 10.1. The van der Waals surface area contributed by atoms with Crippen molar-refractivity contribution < 1.29 is 19.1 Å². The molecule has 1 aromatic heterocycles. The summed E-state index contributed by atoms with van der Waals surface area (Å²) in [6, 6.07) is 7.58. The predicted octanol–water partition coefficient (Wildman–Crippen LogP) is 5.40. The molecule has 1 aliphatic rings. The summed E-state index contributed by atoms with van der Waals surface area (Å²) in [7, 11) is 1.38. The molecule has 2 unspecified atom stereocenters. The molecule has 1 amide bonds. The number of carbonyl (C=O) groups excluding carboxylic acids is 2.